The van der Waals surface area contributed by atoms with E-state index < -0.39 is 0 Å². The lowest BCUT2D eigenvalue weighted by Crippen LogP contribution is -2.09. The molecule has 0 unspecified atom stereocenters. The predicted octanol–water partition coefficient (Wildman–Crippen LogP) is 3.66. The number of benzene rings is 1. The molecule has 4 nitrogen and oxygen atoms in total. The molecule has 3 rings (SSSR count). The van der Waals surface area contributed by atoms with Crippen LogP contribution in [-0.2, 0) is 0 Å². The Morgan fingerprint density at radius 1 is 1.21 bits per heavy atom. The number of rotatable bonds is 2. The third-order valence-corrected chi connectivity index (χ3v) is 3.98. The highest BCUT2D eigenvalue weighted by atomic mass is 32.1. The van der Waals surface area contributed by atoms with Crippen molar-refractivity contribution in [3.8, 4) is 24.0 Å². The number of terminal acetylenes is 1. The SMILES string of the molecule is C#Cn1c(C=C=C2C=CC=CN2C)c(O)n(-c2ccccc2)c1=S. The van der Waals surface area contributed by atoms with Crippen LogP contribution in [0, 0.1) is 17.2 Å². The highest BCUT2D eigenvalue weighted by Crippen LogP contribution is 2.26. The Bertz CT molecular complexity index is 994. The van der Waals surface area contributed by atoms with Gasteiger partial charge in [-0.2, -0.15) is 0 Å². The molecule has 5 heteroatoms. The molecule has 1 N–H and O–H groups in total. The van der Waals surface area contributed by atoms with Crippen molar-refractivity contribution in [2.24, 2.45) is 0 Å². The highest BCUT2D eigenvalue weighted by molar-refractivity contribution is 7.71. The first-order valence-corrected chi connectivity index (χ1v) is 7.67. The Labute approximate surface area is 145 Å². The monoisotopic (exact) mass is 333 g/mol. The molecule has 1 aromatic heterocycles. The van der Waals surface area contributed by atoms with E-state index in [0.29, 0.717) is 10.5 Å². The Hall–Kier alpha value is -3.19. The molecule has 0 radical (unpaired) electrons. The molecule has 0 fully saturated rings. The van der Waals surface area contributed by atoms with Crippen molar-refractivity contribution >= 4 is 18.3 Å². The van der Waals surface area contributed by atoms with Gasteiger partial charge >= 0.3 is 0 Å². The molecule has 24 heavy (non-hydrogen) atoms. The number of aromatic hydroxyl groups is 1. The molecule has 0 aliphatic carbocycles. The predicted molar refractivity (Wildman–Crippen MR) is 98.0 cm³/mol. The van der Waals surface area contributed by atoms with Crippen LogP contribution in [0.15, 0.2) is 66.2 Å². The van der Waals surface area contributed by atoms with Gasteiger partial charge in [0.15, 0.2) is 4.77 Å². The van der Waals surface area contributed by atoms with Gasteiger partial charge in [0, 0.05) is 25.4 Å². The van der Waals surface area contributed by atoms with Crippen LogP contribution >= 0.6 is 12.2 Å². The lowest BCUT2D eigenvalue weighted by atomic mass is 10.3. The van der Waals surface area contributed by atoms with Gasteiger partial charge in [0.2, 0.25) is 5.88 Å². The molecule has 2 heterocycles. The van der Waals surface area contributed by atoms with Crippen LogP contribution in [0.3, 0.4) is 0 Å². The maximum absolute atomic E-state index is 10.6. The maximum Gasteiger partial charge on any atom is 0.224 e. The second kappa shape index (κ2) is 6.51. The number of likely N-dealkylation sites (N-methyl/N-ethyl adjacent to an activating group) is 1. The van der Waals surface area contributed by atoms with Crippen LogP contribution in [0.1, 0.15) is 5.69 Å². The van der Waals surface area contributed by atoms with E-state index in [-0.39, 0.29) is 5.88 Å². The smallest absolute Gasteiger partial charge is 0.224 e. The normalized spacial score (nSPS) is 12.8. The summed E-state index contributed by atoms with van der Waals surface area (Å²) in [6.07, 6.45) is 14.9. The molecular weight excluding hydrogens is 318 g/mol. The van der Waals surface area contributed by atoms with E-state index in [4.69, 9.17) is 18.6 Å². The Morgan fingerprint density at radius 3 is 2.62 bits per heavy atom. The minimum Gasteiger partial charge on any atom is -0.493 e. The summed E-state index contributed by atoms with van der Waals surface area (Å²) in [5.41, 5.74) is 5.14. The summed E-state index contributed by atoms with van der Waals surface area (Å²) in [6, 6.07) is 11.8. The number of allylic oxidation sites excluding steroid dienone is 3. The number of aromatic nitrogens is 2. The molecule has 1 aliphatic rings. The van der Waals surface area contributed by atoms with Gasteiger partial charge in [-0.25, -0.2) is 4.57 Å². The number of hydrogen-bond donors (Lipinski definition) is 1. The van der Waals surface area contributed by atoms with Gasteiger partial charge in [-0.3, -0.25) is 4.57 Å². The van der Waals surface area contributed by atoms with E-state index in [0.717, 1.165) is 11.4 Å². The van der Waals surface area contributed by atoms with Crippen LogP contribution in [0.5, 0.6) is 5.88 Å². The lowest BCUT2D eigenvalue weighted by molar-refractivity contribution is 0.440. The van der Waals surface area contributed by atoms with Crippen LogP contribution in [-0.4, -0.2) is 26.2 Å². The van der Waals surface area contributed by atoms with E-state index in [9.17, 15) is 5.11 Å². The van der Waals surface area contributed by atoms with Gasteiger partial charge in [-0.05, 0) is 36.5 Å². The maximum atomic E-state index is 10.6. The molecule has 1 aliphatic heterocycles. The zero-order chi connectivity index (χ0) is 17.1. The molecular formula is C19H15N3OS. The van der Waals surface area contributed by atoms with Gasteiger partial charge < -0.3 is 10.0 Å². The summed E-state index contributed by atoms with van der Waals surface area (Å²) < 4.78 is 3.29. The molecule has 0 amide bonds. The topological polar surface area (TPSA) is 33.3 Å². The standard InChI is InChI=1S/C19H15N3OS/c1-3-21-17(13-12-15-9-7-8-14-20(15)2)18(23)22(19(21)24)16-10-5-4-6-11-16/h1,4-11,13-14,23H,2H3. The first-order valence-electron chi connectivity index (χ1n) is 7.26. The van der Waals surface area contributed by atoms with Crippen molar-refractivity contribution in [2.75, 3.05) is 7.05 Å². The first kappa shape index (κ1) is 15.7. The lowest BCUT2D eigenvalue weighted by Gasteiger charge is -2.15. The van der Waals surface area contributed by atoms with E-state index in [1.807, 2.05) is 66.7 Å². The minimum absolute atomic E-state index is 0.0183. The van der Waals surface area contributed by atoms with Crippen LogP contribution in [0.25, 0.3) is 11.8 Å². The number of hydrogen-bond acceptors (Lipinski definition) is 3. The zero-order valence-corrected chi connectivity index (χ0v) is 13.9. The van der Waals surface area contributed by atoms with Crippen LogP contribution in [0.2, 0.25) is 0 Å². The van der Waals surface area contributed by atoms with Crippen molar-refractivity contribution in [1.29, 1.82) is 0 Å². The van der Waals surface area contributed by atoms with Crippen molar-refractivity contribution in [1.82, 2.24) is 14.0 Å². The summed E-state index contributed by atoms with van der Waals surface area (Å²) in [5, 5.41) is 10.6. The van der Waals surface area contributed by atoms with E-state index in [1.54, 1.807) is 6.08 Å². The minimum atomic E-state index is -0.0183. The molecule has 118 valence electrons. The van der Waals surface area contributed by atoms with Crippen LogP contribution < -0.4 is 0 Å². The average molecular weight is 333 g/mol. The molecule has 0 bridgehead atoms. The second-order valence-electron chi connectivity index (χ2n) is 5.11. The fourth-order valence-corrected chi connectivity index (χ4v) is 2.73. The zero-order valence-electron chi connectivity index (χ0n) is 13.0. The molecule has 0 saturated carbocycles. The fourth-order valence-electron chi connectivity index (χ4n) is 2.39. The quantitative estimate of drug-likeness (QED) is 0.517. The summed E-state index contributed by atoms with van der Waals surface area (Å²) in [7, 11) is 1.92. The third-order valence-electron chi connectivity index (χ3n) is 3.62. The molecule has 0 saturated heterocycles. The van der Waals surface area contributed by atoms with Gasteiger partial charge in [0.05, 0.1) is 11.4 Å². The van der Waals surface area contributed by atoms with Crippen molar-refractivity contribution in [2.45, 2.75) is 0 Å². The van der Waals surface area contributed by atoms with Crippen molar-refractivity contribution < 1.29 is 5.11 Å². The highest BCUT2D eigenvalue weighted by Gasteiger charge is 2.15. The van der Waals surface area contributed by atoms with Crippen LogP contribution in [0.4, 0.5) is 0 Å². The van der Waals surface area contributed by atoms with Gasteiger partial charge in [0.1, 0.15) is 5.69 Å². The Morgan fingerprint density at radius 2 is 1.96 bits per heavy atom. The third kappa shape index (κ3) is 2.72. The van der Waals surface area contributed by atoms with E-state index >= 15 is 0 Å². The molecule has 2 aromatic rings. The molecule has 0 atom stereocenters. The largest absolute Gasteiger partial charge is 0.493 e. The van der Waals surface area contributed by atoms with Crippen molar-refractivity contribution in [3.05, 3.63) is 76.7 Å². The summed E-state index contributed by atoms with van der Waals surface area (Å²) in [6.45, 7) is 0. The molecule has 1 aromatic carbocycles. The number of para-hydroxylation sites is 1. The second-order valence-corrected chi connectivity index (χ2v) is 5.48. The summed E-state index contributed by atoms with van der Waals surface area (Å²) >= 11 is 5.41. The summed E-state index contributed by atoms with van der Waals surface area (Å²) in [4.78, 5) is 1.91. The Kier molecular flexibility index (Phi) is 4.26. The van der Waals surface area contributed by atoms with Gasteiger partial charge in [-0.1, -0.05) is 36.4 Å². The Balaban J connectivity index is 2.19. The van der Waals surface area contributed by atoms with E-state index in [2.05, 4.69) is 11.8 Å². The van der Waals surface area contributed by atoms with Gasteiger partial charge in [0.25, 0.3) is 0 Å². The first-order chi connectivity index (χ1) is 11.6. The number of imidazole rings is 1. The number of nitrogens with zero attached hydrogens (tertiary/aromatic N) is 3. The van der Waals surface area contributed by atoms with Crippen molar-refractivity contribution in [3.63, 3.8) is 0 Å². The average Bonchev–Trinajstić information content (AvgIpc) is 2.84. The van der Waals surface area contributed by atoms with Gasteiger partial charge in [-0.15, -0.1) is 0 Å². The fraction of sp³-hybridized carbons (Fsp3) is 0.0526. The summed E-state index contributed by atoms with van der Waals surface area (Å²) in [5.74, 6) is -0.0183. The van der Waals surface area contributed by atoms with E-state index in [1.165, 1.54) is 9.13 Å². The molecule has 0 spiro atoms.